The molecule has 0 spiro atoms. The molecule has 0 aliphatic carbocycles. The fraction of sp³-hybridized carbons (Fsp3) is 0.385. The molecule has 0 aromatic heterocycles. The molecule has 1 aromatic rings. The number of halogens is 1. The van der Waals surface area contributed by atoms with Gasteiger partial charge in [-0.25, -0.2) is 4.39 Å². The van der Waals surface area contributed by atoms with Crippen molar-refractivity contribution in [2.45, 2.75) is 26.4 Å². The Morgan fingerprint density at radius 3 is 2.40 bits per heavy atom. The van der Waals surface area contributed by atoms with E-state index in [1.807, 2.05) is 13.8 Å². The maximum absolute atomic E-state index is 12.7. The van der Waals surface area contributed by atoms with Crippen LogP contribution in [0.3, 0.4) is 0 Å². The van der Waals surface area contributed by atoms with Crippen LogP contribution in [0.1, 0.15) is 19.4 Å². The van der Waals surface area contributed by atoms with Crippen LogP contribution in [-0.4, -0.2) is 11.2 Å². The summed E-state index contributed by atoms with van der Waals surface area (Å²) in [7, 11) is 0. The van der Waals surface area contributed by atoms with Crippen LogP contribution in [0.2, 0.25) is 0 Å². The first kappa shape index (κ1) is 11.9. The molecular weight excluding hydrogens is 191 g/mol. The lowest BCUT2D eigenvalue weighted by Crippen LogP contribution is -2.29. The fourth-order valence-electron chi connectivity index (χ4n) is 1.49. The van der Waals surface area contributed by atoms with Gasteiger partial charge in [-0.05, 0) is 29.5 Å². The predicted molar refractivity (Wildman–Crippen MR) is 58.8 cm³/mol. The van der Waals surface area contributed by atoms with Crippen molar-refractivity contribution < 1.29 is 9.50 Å². The monoisotopic (exact) mass is 207 g/mol. The third-order valence-electron chi connectivity index (χ3n) is 2.56. The number of rotatable bonds is 4. The van der Waals surface area contributed by atoms with Crippen LogP contribution in [0, 0.1) is 17.8 Å². The zero-order valence-electron chi connectivity index (χ0n) is 9.07. The highest BCUT2D eigenvalue weighted by Crippen LogP contribution is 2.26. The Morgan fingerprint density at radius 2 is 1.93 bits per heavy atom. The van der Waals surface area contributed by atoms with E-state index >= 15 is 0 Å². The molecule has 1 atom stereocenters. The summed E-state index contributed by atoms with van der Waals surface area (Å²) < 4.78 is 12.7. The molecule has 0 amide bonds. The molecule has 1 nitrogen and oxygen atoms in total. The minimum Gasteiger partial charge on any atom is -0.388 e. The molecule has 0 heterocycles. The molecular formula is C13H16FO. The van der Waals surface area contributed by atoms with E-state index < -0.39 is 6.10 Å². The third kappa shape index (κ3) is 3.17. The van der Waals surface area contributed by atoms with E-state index in [4.69, 9.17) is 6.58 Å². The summed E-state index contributed by atoms with van der Waals surface area (Å²) in [6, 6.07) is 6.29. The van der Waals surface area contributed by atoms with Gasteiger partial charge in [0.05, 0.1) is 6.10 Å². The topological polar surface area (TPSA) is 20.2 Å². The van der Waals surface area contributed by atoms with Crippen LogP contribution < -0.4 is 0 Å². The Kier molecular flexibility index (Phi) is 3.64. The van der Waals surface area contributed by atoms with E-state index in [0.29, 0.717) is 6.42 Å². The quantitative estimate of drug-likeness (QED) is 0.805. The molecule has 1 N–H and O–H groups in total. The molecule has 1 aromatic carbocycles. The lowest BCUT2D eigenvalue weighted by atomic mass is 9.80. The first-order chi connectivity index (χ1) is 6.95. The van der Waals surface area contributed by atoms with Crippen LogP contribution in [0.15, 0.2) is 30.3 Å². The van der Waals surface area contributed by atoms with E-state index in [2.05, 4.69) is 0 Å². The Hall–Kier alpha value is -1.15. The van der Waals surface area contributed by atoms with Crippen molar-refractivity contribution in [2.24, 2.45) is 5.41 Å². The van der Waals surface area contributed by atoms with Gasteiger partial charge in [-0.1, -0.05) is 38.6 Å². The van der Waals surface area contributed by atoms with E-state index in [0.717, 1.165) is 5.56 Å². The van der Waals surface area contributed by atoms with E-state index in [1.165, 1.54) is 18.2 Å². The van der Waals surface area contributed by atoms with E-state index in [9.17, 15) is 9.50 Å². The molecule has 0 aliphatic heterocycles. The maximum atomic E-state index is 12.7. The molecule has 81 valence electrons. The minimum atomic E-state index is -0.664. The predicted octanol–water partition coefficient (Wildman–Crippen LogP) is 2.74. The second-order valence-corrected chi connectivity index (χ2v) is 4.43. The Morgan fingerprint density at radius 1 is 1.40 bits per heavy atom. The molecule has 2 heteroatoms. The van der Waals surface area contributed by atoms with Crippen LogP contribution in [0.25, 0.3) is 0 Å². The third-order valence-corrected chi connectivity index (χ3v) is 2.56. The van der Waals surface area contributed by atoms with Gasteiger partial charge in [0.2, 0.25) is 0 Å². The summed E-state index contributed by atoms with van der Waals surface area (Å²) in [5.41, 5.74) is 0.648. The van der Waals surface area contributed by atoms with Crippen LogP contribution >= 0.6 is 0 Å². The second-order valence-electron chi connectivity index (χ2n) is 4.43. The second kappa shape index (κ2) is 4.58. The van der Waals surface area contributed by atoms with Gasteiger partial charge in [0.25, 0.3) is 0 Å². The van der Waals surface area contributed by atoms with Crippen LogP contribution in [-0.2, 0) is 6.42 Å². The van der Waals surface area contributed by atoms with E-state index in [1.54, 1.807) is 12.1 Å². The van der Waals surface area contributed by atoms with Crippen molar-refractivity contribution >= 4 is 0 Å². The number of benzene rings is 1. The van der Waals surface area contributed by atoms with Gasteiger partial charge < -0.3 is 5.11 Å². The zero-order chi connectivity index (χ0) is 11.5. The zero-order valence-corrected chi connectivity index (χ0v) is 9.07. The lowest BCUT2D eigenvalue weighted by Gasteiger charge is -2.28. The van der Waals surface area contributed by atoms with Crippen molar-refractivity contribution in [3.05, 3.63) is 48.3 Å². The molecule has 0 bridgehead atoms. The van der Waals surface area contributed by atoms with Gasteiger partial charge in [0, 0.05) is 0 Å². The van der Waals surface area contributed by atoms with Crippen molar-refractivity contribution in [2.75, 3.05) is 0 Å². The van der Waals surface area contributed by atoms with Crippen molar-refractivity contribution in [1.29, 1.82) is 0 Å². The highest BCUT2D eigenvalue weighted by molar-refractivity contribution is 5.18. The summed E-state index contributed by atoms with van der Waals surface area (Å²) >= 11 is 0. The van der Waals surface area contributed by atoms with Gasteiger partial charge in [0.1, 0.15) is 5.82 Å². The average molecular weight is 207 g/mol. The van der Waals surface area contributed by atoms with Gasteiger partial charge >= 0.3 is 0 Å². The summed E-state index contributed by atoms with van der Waals surface area (Å²) in [4.78, 5) is 0. The largest absolute Gasteiger partial charge is 0.388 e. The first-order valence-electron chi connectivity index (χ1n) is 4.93. The van der Waals surface area contributed by atoms with Crippen molar-refractivity contribution in [3.63, 3.8) is 0 Å². The van der Waals surface area contributed by atoms with Gasteiger partial charge in [0.15, 0.2) is 0 Å². The Bertz CT molecular complexity index is 327. The SMILES string of the molecule is [CH]=CC(O)C(C)(C)Cc1ccc(F)cc1. The van der Waals surface area contributed by atoms with Gasteiger partial charge in [-0.15, -0.1) is 0 Å². The molecule has 0 fully saturated rings. The van der Waals surface area contributed by atoms with Gasteiger partial charge in [-0.2, -0.15) is 0 Å². The van der Waals surface area contributed by atoms with Crippen LogP contribution in [0.5, 0.6) is 0 Å². The average Bonchev–Trinajstić information content (AvgIpc) is 2.20. The van der Waals surface area contributed by atoms with E-state index in [-0.39, 0.29) is 11.2 Å². The molecule has 0 aliphatic rings. The number of hydrogen-bond acceptors (Lipinski definition) is 1. The van der Waals surface area contributed by atoms with Gasteiger partial charge in [-0.3, -0.25) is 0 Å². The highest BCUT2D eigenvalue weighted by atomic mass is 19.1. The fourth-order valence-corrected chi connectivity index (χ4v) is 1.49. The minimum absolute atomic E-state index is 0.248. The first-order valence-corrected chi connectivity index (χ1v) is 4.93. The summed E-state index contributed by atoms with van der Waals surface area (Å²) in [6.45, 7) is 9.14. The molecule has 0 saturated heterocycles. The number of hydrogen-bond donors (Lipinski definition) is 1. The lowest BCUT2D eigenvalue weighted by molar-refractivity contribution is 0.0909. The van der Waals surface area contributed by atoms with Crippen molar-refractivity contribution in [1.82, 2.24) is 0 Å². The summed E-state index contributed by atoms with van der Waals surface area (Å²) in [5, 5.41) is 9.65. The van der Waals surface area contributed by atoms with Crippen LogP contribution in [0.4, 0.5) is 4.39 Å². The normalized spacial score (nSPS) is 13.6. The Labute approximate surface area is 90.3 Å². The molecule has 1 rings (SSSR count). The standard InChI is InChI=1S/C13H16FO/c1-4-12(15)13(2,3)9-10-5-7-11(14)8-6-10/h1,4-8,12,15H,9H2,2-3H3. The molecule has 0 saturated carbocycles. The molecule has 1 unspecified atom stereocenters. The molecule has 1 radical (unpaired) electrons. The Balaban J connectivity index is 2.76. The van der Waals surface area contributed by atoms with Crippen molar-refractivity contribution in [3.8, 4) is 0 Å². The summed E-state index contributed by atoms with van der Waals surface area (Å²) in [5.74, 6) is -0.248. The molecule has 15 heavy (non-hydrogen) atoms. The highest BCUT2D eigenvalue weighted by Gasteiger charge is 2.25. The maximum Gasteiger partial charge on any atom is 0.123 e. The smallest absolute Gasteiger partial charge is 0.123 e. The number of aliphatic hydroxyl groups excluding tert-OH is 1. The summed E-state index contributed by atoms with van der Waals surface area (Å²) in [6.07, 6.45) is 1.27. The number of aliphatic hydroxyl groups is 1.